The van der Waals surface area contributed by atoms with Crippen molar-refractivity contribution in [3.8, 4) is 0 Å². The van der Waals surface area contributed by atoms with Crippen LogP contribution >= 0.6 is 7.82 Å². The van der Waals surface area contributed by atoms with Crippen LogP contribution < -0.4 is 0 Å². The maximum atomic E-state index is 8.88. The zero-order valence-corrected chi connectivity index (χ0v) is 17.6. The summed E-state index contributed by atoms with van der Waals surface area (Å²) in [5, 5.41) is 0. The van der Waals surface area contributed by atoms with E-state index >= 15 is 0 Å². The standard InChI is InChI=1S/3Ca.H3O4P.H2O3Si.Zr.6H/c;;;1-5(2,3)4;1-4(2)3;;;;;;;/h;;;(H3,1,2,3,4);1-2H;;;;;;;/q3*+2;;;;6*-1. The molecule has 0 spiro atoms. The molecule has 72 valence electrons. The smallest absolute Gasteiger partial charge is 1.00 e. The van der Waals surface area contributed by atoms with Crippen molar-refractivity contribution in [3.05, 3.63) is 0 Å². The van der Waals surface area contributed by atoms with Gasteiger partial charge in [0.1, 0.15) is 0 Å². The van der Waals surface area contributed by atoms with E-state index in [4.69, 9.17) is 33.3 Å². The summed E-state index contributed by atoms with van der Waals surface area (Å²) in [7, 11) is -7.77. The van der Waals surface area contributed by atoms with Crippen LogP contribution in [0.4, 0.5) is 0 Å². The van der Waals surface area contributed by atoms with Gasteiger partial charge >= 0.3 is 130 Å². The van der Waals surface area contributed by atoms with Crippen LogP contribution in [0.2, 0.25) is 0 Å². The second-order valence-electron chi connectivity index (χ2n) is 0.796. The van der Waals surface area contributed by atoms with Crippen LogP contribution in [0.15, 0.2) is 0 Å². The second-order valence-corrected chi connectivity index (χ2v) is 2.39. The summed E-state index contributed by atoms with van der Waals surface area (Å²) >= 11 is 0. The molecule has 0 aromatic rings. The van der Waals surface area contributed by atoms with Gasteiger partial charge in [0, 0.05) is 26.2 Å². The molecule has 0 radical (unpaired) electrons. The minimum atomic E-state index is -4.64. The van der Waals surface area contributed by atoms with Crippen LogP contribution in [0.3, 0.4) is 0 Å². The molecule has 7 nitrogen and oxygen atoms in total. The molecule has 0 unspecified atom stereocenters. The van der Waals surface area contributed by atoms with Crippen molar-refractivity contribution in [2.75, 3.05) is 0 Å². The second kappa shape index (κ2) is 21.7. The Kier molecular flexibility index (Phi) is 60.0. The molecule has 0 saturated carbocycles. The molecule has 0 heterocycles. The van der Waals surface area contributed by atoms with E-state index in [1.165, 1.54) is 0 Å². The van der Waals surface area contributed by atoms with Gasteiger partial charge in [0.05, 0.1) is 0 Å². The minimum absolute atomic E-state index is 0. The molecule has 13 heavy (non-hydrogen) atoms. The molecule has 0 aromatic carbocycles. The monoisotopic (exact) mass is 392 g/mol. The Morgan fingerprint density at radius 1 is 1.00 bits per heavy atom. The largest absolute Gasteiger partial charge is 2.00 e. The van der Waals surface area contributed by atoms with Crippen LogP contribution in [0.1, 0.15) is 8.56 Å². The third-order valence-corrected chi connectivity index (χ3v) is 0. The first-order valence-electron chi connectivity index (χ1n) is 1.43. The first-order valence-corrected chi connectivity index (χ1v) is 4.30. The Bertz CT molecular complexity index is 141. The fourth-order valence-corrected chi connectivity index (χ4v) is 0. The predicted octanol–water partition coefficient (Wildman–Crippen LogP) is -3.01. The van der Waals surface area contributed by atoms with E-state index in [9.17, 15) is 0 Å². The molecular formula is H11Ca3O7PSiZr. The number of hydrogen-bond acceptors (Lipinski definition) is 2. The fourth-order valence-electron chi connectivity index (χ4n) is 0. The van der Waals surface area contributed by atoms with Crippen molar-refractivity contribution in [1.29, 1.82) is 0 Å². The number of hydrogen-bond donors (Lipinski definition) is 5. The van der Waals surface area contributed by atoms with Crippen molar-refractivity contribution in [1.82, 2.24) is 0 Å². The van der Waals surface area contributed by atoms with E-state index < -0.39 is 17.0 Å². The van der Waals surface area contributed by atoms with Gasteiger partial charge in [0.25, 0.3) is 0 Å². The zero-order valence-electron chi connectivity index (χ0n) is 12.6. The minimum Gasteiger partial charge on any atom is -1.00 e. The van der Waals surface area contributed by atoms with Gasteiger partial charge < -0.3 is 32.8 Å². The van der Waals surface area contributed by atoms with Crippen LogP contribution in [-0.2, 0) is 35.2 Å². The summed E-state index contributed by atoms with van der Waals surface area (Å²) < 4.78 is 17.6. The molecular weight excluding hydrogens is 383 g/mol. The van der Waals surface area contributed by atoms with Crippen molar-refractivity contribution < 1.29 is 68.1 Å². The van der Waals surface area contributed by atoms with Gasteiger partial charge in [0.15, 0.2) is 0 Å². The Morgan fingerprint density at radius 3 is 1.00 bits per heavy atom. The summed E-state index contributed by atoms with van der Waals surface area (Å²) in [6.07, 6.45) is 0. The van der Waals surface area contributed by atoms with E-state index in [-0.39, 0.29) is 148 Å². The van der Waals surface area contributed by atoms with E-state index in [1.54, 1.807) is 0 Å². The van der Waals surface area contributed by atoms with E-state index in [2.05, 4.69) is 0 Å². The third-order valence-electron chi connectivity index (χ3n) is 0. The zero-order chi connectivity index (χ0) is 8.08. The van der Waals surface area contributed by atoms with Gasteiger partial charge in [0.2, 0.25) is 0 Å². The third kappa shape index (κ3) is 176. The Balaban J connectivity index is -0.00000000340. The summed E-state index contributed by atoms with van der Waals surface area (Å²) in [5.74, 6) is 0. The molecule has 5 N–H and O–H groups in total. The molecule has 13 heteroatoms. The molecule has 0 amide bonds. The Labute approximate surface area is 194 Å². The normalized spacial score (nSPS) is 6.38. The Morgan fingerprint density at radius 2 is 1.00 bits per heavy atom. The average molecular weight is 394 g/mol. The molecule has 0 rings (SSSR count). The van der Waals surface area contributed by atoms with Crippen molar-refractivity contribution in [2.45, 2.75) is 0 Å². The first-order chi connectivity index (χ1) is 3.73. The van der Waals surface area contributed by atoms with E-state index in [0.29, 0.717) is 0 Å². The van der Waals surface area contributed by atoms with Crippen molar-refractivity contribution >= 4 is 130 Å². The maximum Gasteiger partial charge on any atom is 2.00 e. The summed E-state index contributed by atoms with van der Waals surface area (Å²) in [6.45, 7) is 0. The van der Waals surface area contributed by atoms with Crippen molar-refractivity contribution in [3.63, 3.8) is 0 Å². The fraction of sp³-hybridized carbons (Fsp3) is 0. The van der Waals surface area contributed by atoms with Crippen LogP contribution in [0, 0.1) is 0 Å². The van der Waals surface area contributed by atoms with Crippen molar-refractivity contribution in [2.24, 2.45) is 0 Å². The molecule has 0 aliphatic rings. The van der Waals surface area contributed by atoms with Gasteiger partial charge in [-0.2, -0.15) is 0 Å². The SMILES string of the molecule is O=P(O)(O)O.O=[Si](O)O.[Ca+2].[Ca+2].[Ca+2].[H-].[H-].[H-].[H-].[H-].[H-].[Zr]. The van der Waals surface area contributed by atoms with E-state index in [0.717, 1.165) is 0 Å². The summed E-state index contributed by atoms with van der Waals surface area (Å²) in [6, 6.07) is 0. The van der Waals surface area contributed by atoms with Gasteiger partial charge in [-0.05, 0) is 0 Å². The van der Waals surface area contributed by atoms with Crippen LogP contribution in [0.5, 0.6) is 0 Å². The molecule has 0 saturated heterocycles. The van der Waals surface area contributed by atoms with Gasteiger partial charge in [-0.25, -0.2) is 4.57 Å². The van der Waals surface area contributed by atoms with Crippen LogP contribution in [0.25, 0.3) is 0 Å². The number of rotatable bonds is 0. The van der Waals surface area contributed by atoms with Gasteiger partial charge in [-0.1, -0.05) is 0 Å². The van der Waals surface area contributed by atoms with Crippen LogP contribution in [-0.4, -0.2) is 147 Å². The topological polar surface area (TPSA) is 135 Å². The van der Waals surface area contributed by atoms with E-state index in [1.807, 2.05) is 0 Å². The summed E-state index contributed by atoms with van der Waals surface area (Å²) in [5.41, 5.74) is 0. The quantitative estimate of drug-likeness (QED) is 0.218. The predicted molar refractivity (Wildman–Crippen MR) is 49.1 cm³/mol. The van der Waals surface area contributed by atoms with Gasteiger partial charge in [-0.15, -0.1) is 0 Å². The molecule has 0 aromatic heterocycles. The van der Waals surface area contributed by atoms with Gasteiger partial charge in [-0.3, -0.25) is 4.46 Å². The molecule has 0 aliphatic heterocycles. The summed E-state index contributed by atoms with van der Waals surface area (Å²) in [4.78, 5) is 35.9. The molecule has 0 fully saturated rings. The average Bonchev–Trinajstić information content (AvgIpc) is 1.19. The molecule has 0 aliphatic carbocycles. The Hall–Kier alpha value is 4.39. The number of phosphoric acid groups is 1. The first kappa shape index (κ1) is 36.0. The molecule has 0 bridgehead atoms. The molecule has 0 atom stereocenters. The maximum absolute atomic E-state index is 8.88.